The quantitative estimate of drug-likeness (QED) is 0.301. The average molecular weight is 433 g/mol. The van der Waals surface area contributed by atoms with E-state index >= 15 is 0 Å². The van der Waals surface area contributed by atoms with E-state index in [2.05, 4.69) is 0 Å². The van der Waals surface area contributed by atoms with Gasteiger partial charge in [0.1, 0.15) is 11.5 Å². The van der Waals surface area contributed by atoms with Gasteiger partial charge in [-0.3, -0.25) is 0 Å². The van der Waals surface area contributed by atoms with Gasteiger partial charge in [-0.05, 0) is 83.6 Å². The van der Waals surface area contributed by atoms with E-state index in [0.717, 1.165) is 11.1 Å². The maximum Gasteiger partial charge on any atom is 0.343 e. The minimum Gasteiger partial charge on any atom is -0.423 e. The summed E-state index contributed by atoms with van der Waals surface area (Å²) in [6.07, 6.45) is 0. The molecule has 3 rings (SSSR count). The van der Waals surface area contributed by atoms with Gasteiger partial charge in [0.15, 0.2) is 0 Å². The van der Waals surface area contributed by atoms with Gasteiger partial charge in [0.05, 0.1) is 11.1 Å². The monoisotopic (exact) mass is 432 g/mol. The summed E-state index contributed by atoms with van der Waals surface area (Å²) in [4.78, 5) is 25.2. The molecule has 0 atom stereocenters. The van der Waals surface area contributed by atoms with Crippen molar-refractivity contribution in [2.75, 3.05) is 11.5 Å². The van der Waals surface area contributed by atoms with Gasteiger partial charge in [0.2, 0.25) is 0 Å². The Bertz CT molecular complexity index is 1040. The van der Waals surface area contributed by atoms with Crippen LogP contribution in [0, 0.1) is 0 Å². The van der Waals surface area contributed by atoms with Crippen molar-refractivity contribution >= 4 is 23.3 Å². The van der Waals surface area contributed by atoms with Crippen LogP contribution in [0.2, 0.25) is 0 Å². The lowest BCUT2D eigenvalue weighted by molar-refractivity contribution is 0.0718. The molecule has 6 nitrogen and oxygen atoms in total. The van der Waals surface area contributed by atoms with Gasteiger partial charge in [0, 0.05) is 11.4 Å². The molecule has 32 heavy (non-hydrogen) atoms. The molecule has 0 fully saturated rings. The maximum atomic E-state index is 12.6. The summed E-state index contributed by atoms with van der Waals surface area (Å²) in [5, 5.41) is 0. The Balaban J connectivity index is 1.74. The Labute approximate surface area is 188 Å². The van der Waals surface area contributed by atoms with E-state index < -0.39 is 11.9 Å². The first kappa shape index (κ1) is 22.9. The van der Waals surface area contributed by atoms with Crippen molar-refractivity contribution in [1.82, 2.24) is 0 Å². The molecule has 3 aromatic carbocycles. The number of rotatable bonds is 6. The molecule has 0 saturated heterocycles. The van der Waals surface area contributed by atoms with Crippen LogP contribution in [0.4, 0.5) is 11.4 Å². The Morgan fingerprint density at radius 2 is 0.969 bits per heavy atom. The summed E-state index contributed by atoms with van der Waals surface area (Å²) in [6.45, 7) is 7.99. The van der Waals surface area contributed by atoms with E-state index in [-0.39, 0.29) is 11.8 Å². The number of anilines is 2. The molecule has 0 bridgehead atoms. The number of ether oxygens (including phenoxy) is 2. The molecule has 0 heterocycles. The Morgan fingerprint density at radius 3 is 1.28 bits per heavy atom. The van der Waals surface area contributed by atoms with Crippen LogP contribution in [0.15, 0.2) is 60.7 Å². The first-order valence-corrected chi connectivity index (χ1v) is 10.5. The summed E-state index contributed by atoms with van der Waals surface area (Å²) in [6, 6.07) is 16.5. The molecule has 3 aromatic rings. The van der Waals surface area contributed by atoms with E-state index in [9.17, 15) is 9.59 Å². The molecule has 0 amide bonds. The highest BCUT2D eigenvalue weighted by molar-refractivity contribution is 5.95. The van der Waals surface area contributed by atoms with Gasteiger partial charge in [-0.1, -0.05) is 27.7 Å². The number of hydrogen-bond acceptors (Lipinski definition) is 6. The predicted octanol–water partition coefficient (Wildman–Crippen LogP) is 5.54. The fourth-order valence-corrected chi connectivity index (χ4v) is 3.28. The minimum absolute atomic E-state index is 0.141. The van der Waals surface area contributed by atoms with Gasteiger partial charge in [-0.2, -0.15) is 0 Å². The molecular formula is C26H28N2O4. The largest absolute Gasteiger partial charge is 0.423 e. The van der Waals surface area contributed by atoms with E-state index in [1.165, 1.54) is 24.3 Å². The second-order valence-corrected chi connectivity index (χ2v) is 8.26. The number of nitrogens with two attached hydrogens (primary N) is 2. The second-order valence-electron chi connectivity index (χ2n) is 8.26. The van der Waals surface area contributed by atoms with Crippen LogP contribution in [-0.4, -0.2) is 11.9 Å². The highest BCUT2D eigenvalue weighted by atomic mass is 16.5. The molecule has 0 unspecified atom stereocenters. The van der Waals surface area contributed by atoms with Crippen molar-refractivity contribution in [3.63, 3.8) is 0 Å². The molecule has 0 radical (unpaired) electrons. The van der Waals surface area contributed by atoms with Crippen molar-refractivity contribution in [3.05, 3.63) is 82.9 Å². The summed E-state index contributed by atoms with van der Waals surface area (Å²) >= 11 is 0. The third kappa shape index (κ3) is 5.27. The lowest BCUT2D eigenvalue weighted by Crippen LogP contribution is -2.13. The van der Waals surface area contributed by atoms with Crippen molar-refractivity contribution in [3.8, 4) is 11.5 Å². The zero-order chi connectivity index (χ0) is 23.4. The van der Waals surface area contributed by atoms with Gasteiger partial charge >= 0.3 is 11.9 Å². The van der Waals surface area contributed by atoms with Gasteiger partial charge in [-0.25, -0.2) is 9.59 Å². The van der Waals surface area contributed by atoms with Crippen molar-refractivity contribution in [2.24, 2.45) is 0 Å². The number of carbonyl (C=O) groups is 2. The number of hydrogen-bond donors (Lipinski definition) is 2. The number of nitrogen functional groups attached to an aromatic ring is 2. The topological polar surface area (TPSA) is 105 Å². The first-order chi connectivity index (χ1) is 15.2. The third-order valence-electron chi connectivity index (χ3n) is 5.07. The fourth-order valence-electron chi connectivity index (χ4n) is 3.28. The van der Waals surface area contributed by atoms with Crippen molar-refractivity contribution in [2.45, 2.75) is 39.5 Å². The second kappa shape index (κ2) is 9.56. The number of esters is 2. The summed E-state index contributed by atoms with van der Waals surface area (Å²) in [5.74, 6) is 0.180. The maximum absolute atomic E-state index is 12.6. The van der Waals surface area contributed by atoms with Crippen LogP contribution in [0.3, 0.4) is 0 Å². The molecular weight excluding hydrogens is 404 g/mol. The van der Waals surface area contributed by atoms with Crippen LogP contribution in [0.5, 0.6) is 11.5 Å². The van der Waals surface area contributed by atoms with Crippen LogP contribution in [-0.2, 0) is 0 Å². The molecule has 0 aliphatic rings. The number of benzene rings is 3. The minimum atomic E-state index is -0.516. The predicted molar refractivity (Wildman–Crippen MR) is 126 cm³/mol. The zero-order valence-electron chi connectivity index (χ0n) is 18.7. The highest BCUT2D eigenvalue weighted by Gasteiger charge is 2.17. The van der Waals surface area contributed by atoms with E-state index in [1.54, 1.807) is 36.4 Å². The molecule has 0 aliphatic carbocycles. The molecule has 0 spiro atoms. The SMILES string of the molecule is CC(C)c1cc(N)ccc1OC(=O)c1ccc(C(=O)Oc2ccc(N)cc2C(C)C)cc1. The van der Waals surface area contributed by atoms with Crippen LogP contribution >= 0.6 is 0 Å². The van der Waals surface area contributed by atoms with E-state index in [4.69, 9.17) is 20.9 Å². The van der Waals surface area contributed by atoms with Crippen LogP contribution in [0.1, 0.15) is 71.4 Å². The first-order valence-electron chi connectivity index (χ1n) is 10.5. The van der Waals surface area contributed by atoms with Crippen LogP contribution < -0.4 is 20.9 Å². The van der Waals surface area contributed by atoms with Crippen LogP contribution in [0.25, 0.3) is 0 Å². The smallest absolute Gasteiger partial charge is 0.343 e. The molecule has 0 aliphatic heterocycles. The standard InChI is InChI=1S/C26H28N2O4/c1-15(2)21-13-19(27)9-11-23(21)31-25(29)17-5-7-18(8-6-17)26(30)32-24-12-10-20(28)14-22(24)16(3)4/h5-16H,27-28H2,1-4H3. The van der Waals surface area contributed by atoms with Gasteiger partial charge in [0.25, 0.3) is 0 Å². The summed E-state index contributed by atoms with van der Waals surface area (Å²) in [7, 11) is 0. The van der Waals surface area contributed by atoms with Gasteiger partial charge in [-0.15, -0.1) is 0 Å². The average Bonchev–Trinajstić information content (AvgIpc) is 2.75. The highest BCUT2D eigenvalue weighted by Crippen LogP contribution is 2.30. The van der Waals surface area contributed by atoms with Crippen molar-refractivity contribution < 1.29 is 19.1 Å². The van der Waals surface area contributed by atoms with E-state index in [1.807, 2.05) is 27.7 Å². The molecule has 166 valence electrons. The Hall–Kier alpha value is -3.80. The molecule has 6 heteroatoms. The van der Waals surface area contributed by atoms with E-state index in [0.29, 0.717) is 34.0 Å². The molecule has 0 saturated carbocycles. The summed E-state index contributed by atoms with van der Waals surface area (Å²) in [5.41, 5.74) is 15.3. The van der Waals surface area contributed by atoms with Gasteiger partial charge < -0.3 is 20.9 Å². The Morgan fingerprint density at radius 1 is 0.625 bits per heavy atom. The summed E-state index contributed by atoms with van der Waals surface area (Å²) < 4.78 is 11.1. The molecule has 0 aromatic heterocycles. The fraction of sp³-hybridized carbons (Fsp3) is 0.231. The normalized spacial score (nSPS) is 10.9. The number of carbonyl (C=O) groups excluding carboxylic acids is 2. The third-order valence-corrected chi connectivity index (χ3v) is 5.07. The molecule has 4 N–H and O–H groups in total. The van der Waals surface area contributed by atoms with Crippen molar-refractivity contribution in [1.29, 1.82) is 0 Å². The Kier molecular flexibility index (Phi) is 6.83. The zero-order valence-corrected chi connectivity index (χ0v) is 18.7. The lowest BCUT2D eigenvalue weighted by atomic mass is 10.0. The lowest BCUT2D eigenvalue weighted by Gasteiger charge is -2.14.